The molecule has 0 saturated heterocycles. The normalized spacial score (nSPS) is 11.4. The van der Waals surface area contributed by atoms with Crippen LogP contribution >= 0.6 is 0 Å². The first-order chi connectivity index (χ1) is 5.99. The molecule has 72 valence electrons. The second kappa shape index (κ2) is 3.64. The second-order valence-electron chi connectivity index (χ2n) is 2.33. The lowest BCUT2D eigenvalue weighted by Crippen LogP contribution is -2.19. The van der Waals surface area contributed by atoms with Crippen molar-refractivity contribution in [1.82, 2.24) is 0 Å². The molecule has 5 heteroatoms. The molecule has 0 saturated carbocycles. The van der Waals surface area contributed by atoms with E-state index in [4.69, 9.17) is 0 Å². The van der Waals surface area contributed by atoms with E-state index in [1.807, 2.05) is 0 Å². The van der Waals surface area contributed by atoms with E-state index in [1.165, 1.54) is 12.1 Å². The SMILES string of the molecule is Fc1ccccc1OCC(F)(F)F. The van der Waals surface area contributed by atoms with Crippen LogP contribution in [-0.2, 0) is 0 Å². The van der Waals surface area contributed by atoms with E-state index in [1.54, 1.807) is 0 Å². The Bertz CT molecular complexity index is 282. The van der Waals surface area contributed by atoms with Gasteiger partial charge in [-0.1, -0.05) is 12.1 Å². The van der Waals surface area contributed by atoms with Gasteiger partial charge >= 0.3 is 6.18 Å². The monoisotopic (exact) mass is 194 g/mol. The molecule has 0 atom stereocenters. The largest absolute Gasteiger partial charge is 0.481 e. The minimum atomic E-state index is -4.44. The molecular formula is C8H6F4O. The highest BCUT2D eigenvalue weighted by Gasteiger charge is 2.28. The standard InChI is InChI=1S/C8H6F4O/c9-6-3-1-2-4-7(6)13-5-8(10,11)12/h1-4H,5H2. The number of hydrogen-bond acceptors (Lipinski definition) is 1. The molecule has 0 aliphatic rings. The summed E-state index contributed by atoms with van der Waals surface area (Å²) in [5.41, 5.74) is 0. The smallest absolute Gasteiger partial charge is 0.422 e. The van der Waals surface area contributed by atoms with E-state index in [0.29, 0.717) is 0 Å². The first kappa shape index (κ1) is 9.83. The van der Waals surface area contributed by atoms with Gasteiger partial charge in [0.15, 0.2) is 18.2 Å². The Kier molecular flexibility index (Phi) is 2.75. The molecule has 0 heterocycles. The molecule has 0 unspecified atom stereocenters. The van der Waals surface area contributed by atoms with Crippen LogP contribution in [0.4, 0.5) is 17.6 Å². The van der Waals surface area contributed by atoms with Gasteiger partial charge in [0.2, 0.25) is 0 Å². The fourth-order valence-corrected chi connectivity index (χ4v) is 0.721. The molecule has 13 heavy (non-hydrogen) atoms. The van der Waals surface area contributed by atoms with Crippen molar-refractivity contribution < 1.29 is 22.3 Å². The summed E-state index contributed by atoms with van der Waals surface area (Å²) in [7, 11) is 0. The lowest BCUT2D eigenvalue weighted by Gasteiger charge is -2.08. The molecule has 0 fully saturated rings. The Balaban J connectivity index is 2.60. The van der Waals surface area contributed by atoms with Gasteiger partial charge in [-0.05, 0) is 12.1 Å². The second-order valence-corrected chi connectivity index (χ2v) is 2.33. The van der Waals surface area contributed by atoms with Crippen molar-refractivity contribution in [2.75, 3.05) is 6.61 Å². The van der Waals surface area contributed by atoms with E-state index in [-0.39, 0.29) is 5.75 Å². The van der Waals surface area contributed by atoms with Gasteiger partial charge in [-0.3, -0.25) is 0 Å². The summed E-state index contributed by atoms with van der Waals surface area (Å²) < 4.78 is 51.8. The van der Waals surface area contributed by atoms with Gasteiger partial charge in [-0.2, -0.15) is 13.2 Å². The maximum Gasteiger partial charge on any atom is 0.422 e. The zero-order valence-electron chi connectivity index (χ0n) is 6.44. The van der Waals surface area contributed by atoms with Crippen LogP contribution in [0.15, 0.2) is 24.3 Å². The average molecular weight is 194 g/mol. The molecule has 1 aromatic carbocycles. The first-order valence-electron chi connectivity index (χ1n) is 3.43. The predicted molar refractivity (Wildman–Crippen MR) is 38.0 cm³/mol. The van der Waals surface area contributed by atoms with E-state index >= 15 is 0 Å². The number of para-hydroxylation sites is 1. The van der Waals surface area contributed by atoms with Crippen LogP contribution in [0.3, 0.4) is 0 Å². The average Bonchev–Trinajstić information content (AvgIpc) is 2.01. The fraction of sp³-hybridized carbons (Fsp3) is 0.250. The third kappa shape index (κ3) is 3.31. The van der Waals surface area contributed by atoms with Crippen molar-refractivity contribution in [3.8, 4) is 5.75 Å². The molecule has 0 radical (unpaired) electrons. The van der Waals surface area contributed by atoms with Crippen molar-refractivity contribution in [1.29, 1.82) is 0 Å². The predicted octanol–water partition coefficient (Wildman–Crippen LogP) is 2.77. The Morgan fingerprint density at radius 3 is 2.31 bits per heavy atom. The number of alkyl halides is 3. The Hall–Kier alpha value is -1.26. The van der Waals surface area contributed by atoms with Crippen molar-refractivity contribution in [2.45, 2.75) is 6.18 Å². The zero-order valence-corrected chi connectivity index (χ0v) is 6.44. The molecule has 0 aromatic heterocycles. The minimum Gasteiger partial charge on any atom is -0.481 e. The molecule has 1 nitrogen and oxygen atoms in total. The number of halogens is 4. The van der Waals surface area contributed by atoms with E-state index in [2.05, 4.69) is 4.74 Å². The van der Waals surface area contributed by atoms with Crippen molar-refractivity contribution in [3.05, 3.63) is 30.1 Å². The van der Waals surface area contributed by atoms with Crippen molar-refractivity contribution in [2.24, 2.45) is 0 Å². The fourth-order valence-electron chi connectivity index (χ4n) is 0.721. The highest BCUT2D eigenvalue weighted by atomic mass is 19.4. The lowest BCUT2D eigenvalue weighted by atomic mass is 10.3. The molecular weight excluding hydrogens is 188 g/mol. The van der Waals surface area contributed by atoms with Crippen LogP contribution in [0, 0.1) is 5.82 Å². The van der Waals surface area contributed by atoms with Gasteiger partial charge in [0.05, 0.1) is 0 Å². The Morgan fingerprint density at radius 2 is 1.77 bits per heavy atom. The molecule has 1 aromatic rings. The van der Waals surface area contributed by atoms with Crippen LogP contribution in [-0.4, -0.2) is 12.8 Å². The molecule has 0 N–H and O–H groups in total. The highest BCUT2D eigenvalue weighted by molar-refractivity contribution is 5.23. The molecule has 0 amide bonds. The summed E-state index contributed by atoms with van der Waals surface area (Å²) in [6.07, 6.45) is -4.44. The van der Waals surface area contributed by atoms with Crippen molar-refractivity contribution in [3.63, 3.8) is 0 Å². The third-order valence-corrected chi connectivity index (χ3v) is 1.23. The first-order valence-corrected chi connectivity index (χ1v) is 3.43. The summed E-state index contributed by atoms with van der Waals surface area (Å²) in [6, 6.07) is 4.94. The van der Waals surface area contributed by atoms with E-state index in [9.17, 15) is 17.6 Å². The number of ether oxygens (including phenoxy) is 1. The molecule has 1 rings (SSSR count). The minimum absolute atomic E-state index is 0.389. The number of rotatable bonds is 2. The topological polar surface area (TPSA) is 9.23 Å². The zero-order chi connectivity index (χ0) is 9.90. The Morgan fingerprint density at radius 1 is 1.15 bits per heavy atom. The summed E-state index contributed by atoms with van der Waals surface area (Å²) in [5.74, 6) is -1.19. The van der Waals surface area contributed by atoms with Gasteiger partial charge in [-0.25, -0.2) is 4.39 Å². The van der Waals surface area contributed by atoms with Gasteiger partial charge < -0.3 is 4.74 Å². The number of hydrogen-bond donors (Lipinski definition) is 0. The Labute approximate surface area is 71.9 Å². The van der Waals surface area contributed by atoms with Crippen LogP contribution < -0.4 is 4.74 Å². The lowest BCUT2D eigenvalue weighted by molar-refractivity contribution is -0.153. The van der Waals surface area contributed by atoms with Crippen LogP contribution in [0.5, 0.6) is 5.75 Å². The summed E-state index contributed by atoms with van der Waals surface area (Å²) in [5, 5.41) is 0. The molecule has 0 aliphatic heterocycles. The van der Waals surface area contributed by atoms with Gasteiger partial charge in [0, 0.05) is 0 Å². The van der Waals surface area contributed by atoms with Crippen molar-refractivity contribution >= 4 is 0 Å². The van der Waals surface area contributed by atoms with Crippen LogP contribution in [0.25, 0.3) is 0 Å². The van der Waals surface area contributed by atoms with Crippen LogP contribution in [0.1, 0.15) is 0 Å². The van der Waals surface area contributed by atoms with E-state index < -0.39 is 18.6 Å². The summed E-state index contributed by atoms with van der Waals surface area (Å²) in [4.78, 5) is 0. The third-order valence-electron chi connectivity index (χ3n) is 1.23. The highest BCUT2D eigenvalue weighted by Crippen LogP contribution is 2.20. The molecule has 0 bridgehead atoms. The quantitative estimate of drug-likeness (QED) is 0.657. The summed E-state index contributed by atoms with van der Waals surface area (Å²) in [6.45, 7) is -1.48. The maximum absolute atomic E-state index is 12.7. The molecule has 0 spiro atoms. The van der Waals surface area contributed by atoms with Gasteiger partial charge in [0.25, 0.3) is 0 Å². The number of benzene rings is 1. The summed E-state index contributed by atoms with van der Waals surface area (Å²) >= 11 is 0. The maximum atomic E-state index is 12.7. The van der Waals surface area contributed by atoms with Crippen LogP contribution in [0.2, 0.25) is 0 Å². The van der Waals surface area contributed by atoms with Gasteiger partial charge in [-0.15, -0.1) is 0 Å². The van der Waals surface area contributed by atoms with Gasteiger partial charge in [0.1, 0.15) is 0 Å². The van der Waals surface area contributed by atoms with E-state index in [0.717, 1.165) is 12.1 Å². The molecule has 0 aliphatic carbocycles.